The molecule has 1 amide bonds. The Morgan fingerprint density at radius 3 is 2.59 bits per heavy atom. The van der Waals surface area contributed by atoms with Crippen molar-refractivity contribution in [2.24, 2.45) is 0 Å². The summed E-state index contributed by atoms with van der Waals surface area (Å²) in [5.41, 5.74) is 2.79. The van der Waals surface area contributed by atoms with Crippen LogP contribution in [-0.2, 0) is 16.4 Å². The van der Waals surface area contributed by atoms with Crippen molar-refractivity contribution in [1.82, 2.24) is 9.62 Å². The first-order valence-corrected chi connectivity index (χ1v) is 10.9. The van der Waals surface area contributed by atoms with Crippen LogP contribution in [0.15, 0.2) is 53.4 Å². The van der Waals surface area contributed by atoms with Gasteiger partial charge < -0.3 is 5.32 Å². The zero-order chi connectivity index (χ0) is 19.4. The van der Waals surface area contributed by atoms with E-state index in [-0.39, 0.29) is 16.8 Å². The van der Waals surface area contributed by atoms with Crippen LogP contribution in [0.1, 0.15) is 54.2 Å². The standard InChI is InChI=1S/C21H26N2O3S/c1-3-23(4-2)27(25,26)18-12-7-11-17(15-18)21(24)22-20-14-8-10-16-9-5-6-13-19(16)20/h5-7,9,11-13,15,20H,3-4,8,10,14H2,1-2H3,(H,22,24). The fourth-order valence-corrected chi connectivity index (χ4v) is 5.16. The van der Waals surface area contributed by atoms with E-state index < -0.39 is 10.0 Å². The Balaban J connectivity index is 1.83. The van der Waals surface area contributed by atoms with Crippen LogP contribution in [0.5, 0.6) is 0 Å². The summed E-state index contributed by atoms with van der Waals surface area (Å²) in [6.07, 6.45) is 2.94. The van der Waals surface area contributed by atoms with E-state index in [9.17, 15) is 13.2 Å². The Kier molecular flexibility index (Phi) is 5.97. The summed E-state index contributed by atoms with van der Waals surface area (Å²) >= 11 is 0. The lowest BCUT2D eigenvalue weighted by molar-refractivity contribution is 0.0932. The smallest absolute Gasteiger partial charge is 0.251 e. The molecule has 27 heavy (non-hydrogen) atoms. The maximum absolute atomic E-state index is 12.8. The summed E-state index contributed by atoms with van der Waals surface area (Å²) in [5.74, 6) is -0.242. The summed E-state index contributed by atoms with van der Waals surface area (Å²) in [4.78, 5) is 12.9. The van der Waals surface area contributed by atoms with E-state index in [1.165, 1.54) is 15.9 Å². The van der Waals surface area contributed by atoms with Crippen molar-refractivity contribution in [2.45, 2.75) is 44.0 Å². The van der Waals surface area contributed by atoms with E-state index in [1.54, 1.807) is 32.0 Å². The highest BCUT2D eigenvalue weighted by Gasteiger charge is 2.24. The lowest BCUT2D eigenvalue weighted by atomic mass is 9.87. The predicted octanol–water partition coefficient (Wildman–Crippen LogP) is 3.52. The molecule has 5 nitrogen and oxygen atoms in total. The number of nitrogens with one attached hydrogen (secondary N) is 1. The molecule has 0 bridgehead atoms. The molecule has 6 heteroatoms. The molecule has 144 valence electrons. The molecule has 1 unspecified atom stereocenters. The van der Waals surface area contributed by atoms with Crippen molar-refractivity contribution in [3.8, 4) is 0 Å². The number of benzene rings is 2. The van der Waals surface area contributed by atoms with Crippen molar-refractivity contribution in [2.75, 3.05) is 13.1 Å². The maximum Gasteiger partial charge on any atom is 0.251 e. The highest BCUT2D eigenvalue weighted by molar-refractivity contribution is 7.89. The SMILES string of the molecule is CCN(CC)S(=O)(=O)c1cccc(C(=O)NC2CCCc3ccccc32)c1. The molecule has 0 heterocycles. The number of aryl methyl sites for hydroxylation is 1. The van der Waals surface area contributed by atoms with Gasteiger partial charge in [0, 0.05) is 18.7 Å². The number of hydrogen-bond donors (Lipinski definition) is 1. The molecular weight excluding hydrogens is 360 g/mol. The highest BCUT2D eigenvalue weighted by Crippen LogP contribution is 2.29. The van der Waals surface area contributed by atoms with E-state index in [4.69, 9.17) is 0 Å². The number of carbonyl (C=O) groups is 1. The van der Waals surface area contributed by atoms with E-state index in [2.05, 4.69) is 17.4 Å². The van der Waals surface area contributed by atoms with Gasteiger partial charge >= 0.3 is 0 Å². The number of amides is 1. The van der Waals surface area contributed by atoms with Gasteiger partial charge in [0.1, 0.15) is 0 Å². The molecule has 0 aromatic heterocycles. The number of fused-ring (bicyclic) bond motifs is 1. The van der Waals surface area contributed by atoms with Crippen LogP contribution >= 0.6 is 0 Å². The van der Waals surface area contributed by atoms with Crippen LogP contribution in [0.4, 0.5) is 0 Å². The predicted molar refractivity (Wildman–Crippen MR) is 106 cm³/mol. The molecule has 0 spiro atoms. The summed E-state index contributed by atoms with van der Waals surface area (Å²) in [7, 11) is -3.59. The molecule has 0 aliphatic heterocycles. The highest BCUT2D eigenvalue weighted by atomic mass is 32.2. The van der Waals surface area contributed by atoms with Gasteiger partial charge in [-0.15, -0.1) is 0 Å². The minimum absolute atomic E-state index is 0.0366. The van der Waals surface area contributed by atoms with Gasteiger partial charge in [-0.05, 0) is 48.6 Å². The van der Waals surface area contributed by atoms with Crippen molar-refractivity contribution in [1.29, 1.82) is 0 Å². The van der Waals surface area contributed by atoms with E-state index in [0.717, 1.165) is 24.8 Å². The quantitative estimate of drug-likeness (QED) is 0.826. The molecular formula is C21H26N2O3S. The Morgan fingerprint density at radius 2 is 1.85 bits per heavy atom. The minimum atomic E-state index is -3.59. The Bertz CT molecular complexity index is 921. The lowest BCUT2D eigenvalue weighted by Gasteiger charge is -2.26. The third-order valence-electron chi connectivity index (χ3n) is 5.11. The van der Waals surface area contributed by atoms with Crippen LogP contribution in [-0.4, -0.2) is 31.7 Å². The maximum atomic E-state index is 12.8. The molecule has 0 saturated heterocycles. The van der Waals surface area contributed by atoms with Gasteiger partial charge in [-0.2, -0.15) is 4.31 Å². The third-order valence-corrected chi connectivity index (χ3v) is 7.16. The number of nitrogens with zero attached hydrogens (tertiary/aromatic N) is 1. The summed E-state index contributed by atoms with van der Waals surface area (Å²) < 4.78 is 26.8. The first-order valence-electron chi connectivity index (χ1n) is 9.46. The zero-order valence-electron chi connectivity index (χ0n) is 15.8. The molecule has 3 rings (SSSR count). The van der Waals surface area contributed by atoms with E-state index in [0.29, 0.717) is 18.7 Å². The Hall–Kier alpha value is -2.18. The van der Waals surface area contributed by atoms with Gasteiger partial charge in [-0.3, -0.25) is 4.79 Å². The fourth-order valence-electron chi connectivity index (χ4n) is 3.66. The van der Waals surface area contributed by atoms with Gasteiger partial charge in [-0.25, -0.2) is 8.42 Å². The second kappa shape index (κ2) is 8.23. The molecule has 1 atom stereocenters. The van der Waals surface area contributed by atoms with Crippen LogP contribution in [0.3, 0.4) is 0 Å². The van der Waals surface area contributed by atoms with Crippen molar-refractivity contribution in [3.63, 3.8) is 0 Å². The largest absolute Gasteiger partial charge is 0.345 e. The summed E-state index contributed by atoms with van der Waals surface area (Å²) in [6.45, 7) is 4.40. The summed E-state index contributed by atoms with van der Waals surface area (Å²) in [6, 6.07) is 14.4. The van der Waals surface area contributed by atoms with Crippen LogP contribution in [0, 0.1) is 0 Å². The lowest BCUT2D eigenvalue weighted by Crippen LogP contribution is -2.32. The van der Waals surface area contributed by atoms with Gasteiger partial charge in [0.25, 0.3) is 5.91 Å². The van der Waals surface area contributed by atoms with Crippen molar-refractivity contribution < 1.29 is 13.2 Å². The normalized spacial score (nSPS) is 16.8. The Morgan fingerprint density at radius 1 is 1.11 bits per heavy atom. The van der Waals surface area contributed by atoms with Crippen LogP contribution < -0.4 is 5.32 Å². The van der Waals surface area contributed by atoms with Gasteiger partial charge in [0.15, 0.2) is 0 Å². The van der Waals surface area contributed by atoms with Crippen molar-refractivity contribution in [3.05, 3.63) is 65.2 Å². The molecule has 0 saturated carbocycles. The van der Waals surface area contributed by atoms with Gasteiger partial charge in [0.05, 0.1) is 10.9 Å². The van der Waals surface area contributed by atoms with Gasteiger partial charge in [-0.1, -0.05) is 44.2 Å². The molecule has 2 aromatic carbocycles. The zero-order valence-corrected chi connectivity index (χ0v) is 16.6. The first kappa shape index (κ1) is 19.6. The average Bonchev–Trinajstić information content (AvgIpc) is 2.69. The molecule has 2 aromatic rings. The number of carbonyl (C=O) groups excluding carboxylic acids is 1. The molecule has 1 aliphatic carbocycles. The molecule has 0 radical (unpaired) electrons. The average molecular weight is 387 g/mol. The van der Waals surface area contributed by atoms with E-state index in [1.807, 2.05) is 12.1 Å². The molecule has 1 aliphatic rings. The topological polar surface area (TPSA) is 66.5 Å². The second-order valence-electron chi connectivity index (χ2n) is 6.73. The van der Waals surface area contributed by atoms with E-state index >= 15 is 0 Å². The van der Waals surface area contributed by atoms with Crippen LogP contribution in [0.2, 0.25) is 0 Å². The molecule has 1 N–H and O–H groups in total. The minimum Gasteiger partial charge on any atom is -0.345 e. The number of rotatable bonds is 6. The summed E-state index contributed by atoms with van der Waals surface area (Å²) in [5, 5.41) is 3.08. The number of sulfonamides is 1. The van der Waals surface area contributed by atoms with Crippen molar-refractivity contribution >= 4 is 15.9 Å². The third kappa shape index (κ3) is 4.06. The second-order valence-corrected chi connectivity index (χ2v) is 8.67. The fraction of sp³-hybridized carbons (Fsp3) is 0.381. The Labute approximate surface area is 161 Å². The van der Waals surface area contributed by atoms with Crippen LogP contribution in [0.25, 0.3) is 0 Å². The first-order chi connectivity index (χ1) is 13.0. The monoisotopic (exact) mass is 386 g/mol. The van der Waals surface area contributed by atoms with Gasteiger partial charge in [0.2, 0.25) is 10.0 Å². The number of hydrogen-bond acceptors (Lipinski definition) is 3. The molecule has 0 fully saturated rings.